The third-order valence-corrected chi connectivity index (χ3v) is 5.77. The zero-order chi connectivity index (χ0) is 21.7. The van der Waals surface area contributed by atoms with E-state index in [0.29, 0.717) is 27.5 Å². The van der Waals surface area contributed by atoms with E-state index in [2.05, 4.69) is 15.2 Å². The van der Waals surface area contributed by atoms with Crippen LogP contribution in [0.15, 0.2) is 82.8 Å². The Morgan fingerprint density at radius 3 is 2.23 bits per heavy atom. The molecule has 6 nitrogen and oxygen atoms in total. The highest BCUT2D eigenvalue weighted by Crippen LogP contribution is 2.15. The predicted molar refractivity (Wildman–Crippen MR) is 120 cm³/mol. The Bertz CT molecular complexity index is 1190. The zero-order valence-electron chi connectivity index (χ0n) is 16.4. The first kappa shape index (κ1) is 21.5. The van der Waals surface area contributed by atoms with Crippen molar-refractivity contribution >= 4 is 38.9 Å². The van der Waals surface area contributed by atoms with Gasteiger partial charge in [0.2, 0.25) is 0 Å². The second-order valence-electron chi connectivity index (χ2n) is 6.65. The van der Waals surface area contributed by atoms with Crippen molar-refractivity contribution in [1.29, 1.82) is 0 Å². The number of halogens is 1. The van der Waals surface area contributed by atoms with E-state index >= 15 is 0 Å². The number of nitrogens with one attached hydrogen (secondary N) is 2. The summed E-state index contributed by atoms with van der Waals surface area (Å²) in [6, 6.07) is 20.1. The van der Waals surface area contributed by atoms with Crippen molar-refractivity contribution in [2.75, 3.05) is 5.32 Å². The minimum absolute atomic E-state index is 0.142. The fraction of sp³-hybridized carbons (Fsp3) is 0.0909. The molecule has 2 N–H and O–H groups in total. The summed E-state index contributed by atoms with van der Waals surface area (Å²) >= 11 is 5.91. The topological polar surface area (TPSA) is 87.6 Å². The van der Waals surface area contributed by atoms with Gasteiger partial charge in [-0.2, -0.15) is 18.4 Å². The van der Waals surface area contributed by atoms with Gasteiger partial charge in [0.25, 0.3) is 15.9 Å². The first-order chi connectivity index (χ1) is 14.2. The molecule has 0 unspecified atom stereocenters. The first-order valence-electron chi connectivity index (χ1n) is 9.05. The molecule has 0 saturated heterocycles. The van der Waals surface area contributed by atoms with E-state index in [1.165, 1.54) is 12.1 Å². The number of carbonyl (C=O) groups is 1. The molecule has 0 aromatic heterocycles. The van der Waals surface area contributed by atoms with Crippen LogP contribution in [0, 0.1) is 6.92 Å². The second-order valence-corrected chi connectivity index (χ2v) is 8.74. The Kier molecular flexibility index (Phi) is 6.54. The van der Waals surface area contributed by atoms with E-state index in [1.807, 2.05) is 6.92 Å². The monoisotopic (exact) mass is 441 g/mol. The van der Waals surface area contributed by atoms with Crippen LogP contribution < -0.4 is 10.1 Å². The third kappa shape index (κ3) is 5.46. The lowest BCUT2D eigenvalue weighted by molar-refractivity contribution is 0.102. The first-order valence-corrected chi connectivity index (χ1v) is 10.9. The molecule has 3 aromatic rings. The van der Waals surface area contributed by atoms with Gasteiger partial charge in [-0.15, -0.1) is 0 Å². The Labute approximate surface area is 180 Å². The van der Waals surface area contributed by atoms with Crippen molar-refractivity contribution in [2.24, 2.45) is 5.10 Å². The van der Waals surface area contributed by atoms with Gasteiger partial charge in [-0.25, -0.2) is 0 Å². The highest BCUT2D eigenvalue weighted by atomic mass is 35.5. The molecule has 0 radical (unpaired) electrons. The molecule has 0 saturated carbocycles. The van der Waals surface area contributed by atoms with Crippen LogP contribution in [0.25, 0.3) is 0 Å². The number of nitrogens with zero attached hydrogens (tertiary/aromatic N) is 1. The minimum Gasteiger partial charge on any atom is -0.322 e. The Hall–Kier alpha value is -3.16. The molecule has 1 amide bonds. The van der Waals surface area contributed by atoms with Crippen LogP contribution in [0.3, 0.4) is 0 Å². The number of carbonyl (C=O) groups excluding carboxylic acids is 1. The lowest BCUT2D eigenvalue weighted by atomic mass is 10.1. The van der Waals surface area contributed by atoms with Crippen molar-refractivity contribution in [3.8, 4) is 0 Å². The van der Waals surface area contributed by atoms with Gasteiger partial charge < -0.3 is 5.32 Å². The van der Waals surface area contributed by atoms with E-state index in [-0.39, 0.29) is 10.8 Å². The van der Waals surface area contributed by atoms with E-state index in [4.69, 9.17) is 11.6 Å². The van der Waals surface area contributed by atoms with Gasteiger partial charge in [0.15, 0.2) is 0 Å². The van der Waals surface area contributed by atoms with E-state index in [9.17, 15) is 13.2 Å². The number of hydrazone groups is 1. The van der Waals surface area contributed by atoms with Gasteiger partial charge in [0, 0.05) is 16.3 Å². The average Bonchev–Trinajstić information content (AvgIpc) is 2.73. The van der Waals surface area contributed by atoms with Gasteiger partial charge in [0.05, 0.1) is 10.6 Å². The van der Waals surface area contributed by atoms with Crippen molar-refractivity contribution in [2.45, 2.75) is 18.7 Å². The molecule has 3 rings (SSSR count). The summed E-state index contributed by atoms with van der Waals surface area (Å²) in [5.41, 5.74) is 3.21. The maximum Gasteiger partial charge on any atom is 0.276 e. The highest BCUT2D eigenvalue weighted by molar-refractivity contribution is 7.89. The van der Waals surface area contributed by atoms with Crippen LogP contribution in [0.5, 0.6) is 0 Å². The predicted octanol–water partition coefficient (Wildman–Crippen LogP) is 4.60. The van der Waals surface area contributed by atoms with E-state index in [0.717, 1.165) is 5.56 Å². The molecule has 8 heteroatoms. The maximum absolute atomic E-state index is 12.3. The lowest BCUT2D eigenvalue weighted by Crippen LogP contribution is -2.20. The average molecular weight is 442 g/mol. The molecule has 0 fully saturated rings. The van der Waals surface area contributed by atoms with Gasteiger partial charge in [0.1, 0.15) is 0 Å². The van der Waals surface area contributed by atoms with Crippen molar-refractivity contribution in [3.05, 3.63) is 94.5 Å². The summed E-state index contributed by atoms with van der Waals surface area (Å²) < 4.78 is 24.7. The quantitative estimate of drug-likeness (QED) is 0.432. The number of anilines is 1. The normalized spacial score (nSPS) is 11.8. The Morgan fingerprint density at radius 1 is 0.933 bits per heavy atom. The van der Waals surface area contributed by atoms with Crippen LogP contribution in [0.2, 0.25) is 5.02 Å². The number of sulfonamides is 1. The molecule has 0 atom stereocenters. The van der Waals surface area contributed by atoms with Crippen LogP contribution in [-0.4, -0.2) is 20.0 Å². The SMILES string of the molecule is CC(=NNS(=O)(=O)c1ccc(C)cc1)c1ccc(NC(=O)c2cccc(Cl)c2)cc1. The van der Waals surface area contributed by atoms with Gasteiger partial charge in [-0.1, -0.05) is 47.5 Å². The van der Waals surface area contributed by atoms with Crippen molar-refractivity contribution < 1.29 is 13.2 Å². The number of benzene rings is 3. The fourth-order valence-corrected chi connectivity index (χ4v) is 3.64. The number of rotatable bonds is 6. The fourth-order valence-electron chi connectivity index (χ4n) is 2.59. The lowest BCUT2D eigenvalue weighted by Gasteiger charge is -2.08. The summed E-state index contributed by atoms with van der Waals surface area (Å²) in [5.74, 6) is -0.276. The summed E-state index contributed by atoms with van der Waals surface area (Å²) in [6.45, 7) is 3.57. The molecule has 3 aromatic carbocycles. The number of hydrogen-bond donors (Lipinski definition) is 2. The standard InChI is InChI=1S/C22H20ClN3O3S/c1-15-6-12-21(13-7-15)30(28,29)26-25-16(2)17-8-10-20(11-9-17)24-22(27)18-4-3-5-19(23)14-18/h3-14,26H,1-2H3,(H,24,27). The molecule has 0 aliphatic carbocycles. The number of amides is 1. The molecular weight excluding hydrogens is 422 g/mol. The van der Waals surface area contributed by atoms with Gasteiger partial charge >= 0.3 is 0 Å². The highest BCUT2D eigenvalue weighted by Gasteiger charge is 2.13. The maximum atomic E-state index is 12.3. The van der Waals surface area contributed by atoms with Crippen LogP contribution in [0.4, 0.5) is 5.69 Å². The summed E-state index contributed by atoms with van der Waals surface area (Å²) in [5, 5.41) is 7.26. The minimum atomic E-state index is -3.74. The Morgan fingerprint density at radius 2 is 1.60 bits per heavy atom. The number of hydrogen-bond acceptors (Lipinski definition) is 4. The third-order valence-electron chi connectivity index (χ3n) is 4.31. The molecule has 0 spiro atoms. The smallest absolute Gasteiger partial charge is 0.276 e. The molecule has 0 bridgehead atoms. The molecule has 0 aliphatic rings. The van der Waals surface area contributed by atoms with Gasteiger partial charge in [-0.3, -0.25) is 4.79 Å². The van der Waals surface area contributed by atoms with Crippen molar-refractivity contribution in [3.63, 3.8) is 0 Å². The van der Waals surface area contributed by atoms with E-state index in [1.54, 1.807) is 67.6 Å². The largest absolute Gasteiger partial charge is 0.322 e. The Balaban J connectivity index is 1.67. The summed E-state index contributed by atoms with van der Waals surface area (Å²) in [7, 11) is -3.74. The molecule has 154 valence electrons. The molecular formula is C22H20ClN3O3S. The van der Waals surface area contributed by atoms with Crippen molar-refractivity contribution in [1.82, 2.24) is 4.83 Å². The van der Waals surface area contributed by atoms with Gasteiger partial charge in [-0.05, 0) is 61.9 Å². The van der Waals surface area contributed by atoms with Crippen LogP contribution in [0.1, 0.15) is 28.4 Å². The molecule has 0 aliphatic heterocycles. The molecule has 0 heterocycles. The zero-order valence-corrected chi connectivity index (χ0v) is 18.0. The second kappa shape index (κ2) is 9.11. The summed E-state index contributed by atoms with van der Waals surface area (Å²) in [6.07, 6.45) is 0. The summed E-state index contributed by atoms with van der Waals surface area (Å²) in [4.78, 5) is 14.7. The molecule has 30 heavy (non-hydrogen) atoms. The van der Waals surface area contributed by atoms with Crippen LogP contribution in [-0.2, 0) is 10.0 Å². The van der Waals surface area contributed by atoms with E-state index < -0.39 is 10.0 Å². The number of aryl methyl sites for hydroxylation is 1. The van der Waals surface area contributed by atoms with Crippen LogP contribution >= 0.6 is 11.6 Å².